The zero-order valence-corrected chi connectivity index (χ0v) is 41.9. The topological polar surface area (TPSA) is 169 Å². The third kappa shape index (κ3) is 30.5. The Morgan fingerprint density at radius 3 is 1.37 bits per heavy atom. The zero-order valence-electron chi connectivity index (χ0n) is 40.9. The largest absolute Gasteiger partial charge is 0.394 e. The normalized spacial score (nSPS) is 21.0. The summed E-state index contributed by atoms with van der Waals surface area (Å²) < 4.78 is 11.2. The quantitative estimate of drug-likeness (QED) is 0.0232. The molecule has 11 heteroatoms. The van der Waals surface area contributed by atoms with Crippen LogP contribution in [-0.4, -0.2) is 107 Å². The van der Waals surface area contributed by atoms with Crippen LogP contribution in [0.2, 0.25) is 25.2 Å². The minimum absolute atomic E-state index is 0.248. The molecule has 1 aliphatic heterocycles. The van der Waals surface area contributed by atoms with Gasteiger partial charge in [-0.25, -0.2) is 0 Å². The second-order valence-corrected chi connectivity index (χ2v) is 25.4. The molecule has 7 N–H and O–H groups in total. The van der Waals surface area contributed by atoms with E-state index in [4.69, 9.17) is 9.47 Å². The molecule has 0 spiro atoms. The summed E-state index contributed by atoms with van der Waals surface area (Å²) in [6.45, 7) is 8.68. The van der Waals surface area contributed by atoms with Crippen LogP contribution in [0.5, 0.6) is 0 Å². The van der Waals surface area contributed by atoms with Crippen LogP contribution in [0.3, 0.4) is 0 Å². The van der Waals surface area contributed by atoms with Gasteiger partial charge in [0.2, 0.25) is 5.91 Å². The van der Waals surface area contributed by atoms with Crippen LogP contribution in [0.1, 0.15) is 232 Å². The van der Waals surface area contributed by atoms with Crippen molar-refractivity contribution in [2.24, 2.45) is 0 Å². The van der Waals surface area contributed by atoms with Crippen molar-refractivity contribution < 1.29 is 44.9 Å². The van der Waals surface area contributed by atoms with Crippen molar-refractivity contribution in [1.29, 1.82) is 0 Å². The molecular weight excluding hydrogens is 799 g/mol. The average Bonchev–Trinajstić information content (AvgIpc) is 3.25. The summed E-state index contributed by atoms with van der Waals surface area (Å²) in [4.78, 5) is 13.1. The molecule has 0 saturated carbocycles. The second kappa shape index (κ2) is 39.5. The summed E-state index contributed by atoms with van der Waals surface area (Å²) in [5.41, 5.74) is 0. The van der Waals surface area contributed by atoms with E-state index in [9.17, 15) is 35.4 Å². The molecule has 1 rings (SSSR count). The number of unbranched alkanes of at least 4 members (excludes halogenated alkanes) is 29. The van der Waals surface area contributed by atoms with Gasteiger partial charge in [-0.15, -0.1) is 0 Å². The monoisotopic (exact) mass is 902 g/mol. The Morgan fingerprint density at radius 2 is 0.952 bits per heavy atom. The number of carbonyl (C=O) groups excluding carboxylic acids is 1. The summed E-state index contributed by atoms with van der Waals surface area (Å²) in [5, 5.41) is 65.5. The van der Waals surface area contributed by atoms with E-state index in [-0.39, 0.29) is 18.9 Å². The van der Waals surface area contributed by atoms with Gasteiger partial charge < -0.3 is 45.4 Å². The van der Waals surface area contributed by atoms with Crippen LogP contribution in [0.15, 0.2) is 0 Å². The molecule has 0 aromatic carbocycles. The summed E-state index contributed by atoms with van der Waals surface area (Å²) in [7, 11) is -1.22. The molecule has 1 fully saturated rings. The number of nitrogens with one attached hydrogen (secondary N) is 1. The maximum absolute atomic E-state index is 13.1. The molecular formula is C51H103NO9Si. The van der Waals surface area contributed by atoms with Gasteiger partial charge in [0.1, 0.15) is 30.5 Å². The van der Waals surface area contributed by atoms with Crippen molar-refractivity contribution in [2.45, 2.75) is 306 Å². The molecule has 1 heterocycles. The molecule has 62 heavy (non-hydrogen) atoms. The lowest BCUT2D eigenvalue weighted by atomic mass is 9.98. The van der Waals surface area contributed by atoms with Crippen LogP contribution in [0.25, 0.3) is 0 Å². The van der Waals surface area contributed by atoms with E-state index in [1.54, 1.807) is 0 Å². The molecule has 1 amide bonds. The standard InChI is InChI=1S/C51H103NO9Si/c1-5-7-9-11-13-15-17-19-20-21-22-24-26-28-31-35-39-62(3,4)40-36-32-30-34-38-46(55)52-43(42-60-51-50(59)49(58)48(57)45(41-53)61-51)47(56)44(54)37-33-29-27-25-23-18-16-14-12-10-8-6-2/h43-45,47-51,53-54,56-59H,5-42H2,1-4H3,(H,52,55)/t43-,44+,45+,47-,48-,49-,50+,51-/m0/s1. The van der Waals surface area contributed by atoms with Crippen molar-refractivity contribution in [3.63, 3.8) is 0 Å². The van der Waals surface area contributed by atoms with Crippen molar-refractivity contribution in [2.75, 3.05) is 13.2 Å². The third-order valence-corrected chi connectivity index (χ3v) is 16.9. The fourth-order valence-electron chi connectivity index (χ4n) is 9.06. The number of amides is 1. The first-order valence-electron chi connectivity index (χ1n) is 26.5. The smallest absolute Gasteiger partial charge is 0.220 e. The maximum atomic E-state index is 13.1. The van der Waals surface area contributed by atoms with Gasteiger partial charge in [0.25, 0.3) is 0 Å². The first-order chi connectivity index (χ1) is 30.0. The van der Waals surface area contributed by atoms with E-state index in [0.29, 0.717) is 6.42 Å². The zero-order chi connectivity index (χ0) is 45.7. The highest BCUT2D eigenvalue weighted by Crippen LogP contribution is 2.25. The molecule has 0 aromatic heterocycles. The molecule has 370 valence electrons. The molecule has 0 unspecified atom stereocenters. The van der Waals surface area contributed by atoms with E-state index >= 15 is 0 Å². The number of ether oxygens (including phenoxy) is 2. The molecule has 0 radical (unpaired) electrons. The van der Waals surface area contributed by atoms with Crippen LogP contribution in [0.4, 0.5) is 0 Å². The van der Waals surface area contributed by atoms with Gasteiger partial charge in [0.05, 0.1) is 25.4 Å². The summed E-state index contributed by atoms with van der Waals surface area (Å²) in [6, 6.07) is 1.73. The van der Waals surface area contributed by atoms with Gasteiger partial charge in [-0.2, -0.15) is 0 Å². The molecule has 1 saturated heterocycles. The van der Waals surface area contributed by atoms with E-state index in [2.05, 4.69) is 32.3 Å². The van der Waals surface area contributed by atoms with Crippen molar-refractivity contribution >= 4 is 14.0 Å². The van der Waals surface area contributed by atoms with Crippen molar-refractivity contribution in [1.82, 2.24) is 5.32 Å². The average molecular weight is 902 g/mol. The maximum Gasteiger partial charge on any atom is 0.220 e. The Morgan fingerprint density at radius 1 is 0.565 bits per heavy atom. The van der Waals surface area contributed by atoms with E-state index in [0.717, 1.165) is 38.5 Å². The second-order valence-electron chi connectivity index (χ2n) is 20.1. The lowest BCUT2D eigenvalue weighted by Crippen LogP contribution is -2.60. The molecule has 1 aliphatic rings. The third-order valence-electron chi connectivity index (χ3n) is 13.5. The van der Waals surface area contributed by atoms with E-state index < -0.39 is 63.6 Å². The highest BCUT2D eigenvalue weighted by molar-refractivity contribution is 6.77. The first kappa shape index (κ1) is 59.4. The van der Waals surface area contributed by atoms with Gasteiger partial charge in [0, 0.05) is 14.5 Å². The van der Waals surface area contributed by atoms with Gasteiger partial charge in [0.15, 0.2) is 6.29 Å². The summed E-state index contributed by atoms with van der Waals surface area (Å²) in [6.07, 6.45) is 31.7. The van der Waals surface area contributed by atoms with Gasteiger partial charge in [-0.3, -0.25) is 4.79 Å². The number of aliphatic hydroxyl groups excluding tert-OH is 6. The van der Waals surface area contributed by atoms with Gasteiger partial charge in [-0.1, -0.05) is 238 Å². The lowest BCUT2D eigenvalue weighted by Gasteiger charge is -2.40. The van der Waals surface area contributed by atoms with E-state index in [1.165, 1.54) is 179 Å². The predicted octanol–water partition coefficient (Wildman–Crippen LogP) is 11.0. The molecule has 10 nitrogen and oxygen atoms in total. The number of carbonyl (C=O) groups is 1. The number of rotatable bonds is 44. The van der Waals surface area contributed by atoms with Crippen LogP contribution < -0.4 is 5.32 Å². The first-order valence-corrected chi connectivity index (χ1v) is 30.0. The number of hydrogen-bond acceptors (Lipinski definition) is 9. The SMILES string of the molecule is CCCCCCCCCCCCCCCCCC[Si](C)(C)CCCCCCC(=O)N[C@@H](CO[C@H]1O[C@H](CO)[C@H](O)[C@H](O)[C@H]1O)[C@H](O)[C@H](O)CCCCCCCCCCCCCC. The Balaban J connectivity index is 2.36. The van der Waals surface area contributed by atoms with Crippen LogP contribution in [-0.2, 0) is 14.3 Å². The van der Waals surface area contributed by atoms with Crippen LogP contribution >= 0.6 is 0 Å². The minimum Gasteiger partial charge on any atom is -0.394 e. The fraction of sp³-hybridized carbons (Fsp3) is 0.980. The highest BCUT2D eigenvalue weighted by Gasteiger charge is 2.44. The molecule has 0 bridgehead atoms. The Labute approximate surface area is 382 Å². The molecule has 8 atom stereocenters. The number of hydrogen-bond donors (Lipinski definition) is 7. The Kier molecular flexibility index (Phi) is 37.9. The predicted molar refractivity (Wildman–Crippen MR) is 259 cm³/mol. The molecule has 0 aliphatic carbocycles. The highest BCUT2D eigenvalue weighted by atomic mass is 28.3. The fourth-order valence-corrected chi connectivity index (χ4v) is 11.7. The lowest BCUT2D eigenvalue weighted by molar-refractivity contribution is -0.303. The number of aliphatic hydroxyl groups is 6. The Hall–Kier alpha value is -0.633. The van der Waals surface area contributed by atoms with E-state index in [1.807, 2.05) is 0 Å². The minimum atomic E-state index is -1.60. The molecule has 0 aromatic rings. The van der Waals surface area contributed by atoms with Crippen LogP contribution in [0, 0.1) is 0 Å². The summed E-state index contributed by atoms with van der Waals surface area (Å²) >= 11 is 0. The van der Waals surface area contributed by atoms with Crippen molar-refractivity contribution in [3.8, 4) is 0 Å². The van der Waals surface area contributed by atoms with Gasteiger partial charge >= 0.3 is 0 Å². The Bertz CT molecular complexity index is 1010. The van der Waals surface area contributed by atoms with Gasteiger partial charge in [-0.05, 0) is 12.8 Å². The summed E-state index contributed by atoms with van der Waals surface area (Å²) in [5.74, 6) is -0.248. The van der Waals surface area contributed by atoms with Crippen molar-refractivity contribution in [3.05, 3.63) is 0 Å².